The Hall–Kier alpha value is -0.780. The zero-order valence-electron chi connectivity index (χ0n) is 9.10. The molecule has 1 N–H and O–H groups in total. The molecule has 6 heteroatoms. The van der Waals surface area contributed by atoms with Gasteiger partial charge in [0.15, 0.2) is 0 Å². The second kappa shape index (κ2) is 3.61. The van der Waals surface area contributed by atoms with Gasteiger partial charge in [-0.15, -0.1) is 0 Å². The number of hydrogen-bond donors (Lipinski definition) is 1. The van der Waals surface area contributed by atoms with Crippen molar-refractivity contribution in [2.45, 2.75) is 50.5 Å². The molecule has 1 heterocycles. The molecule has 1 atom stereocenters. The van der Waals surface area contributed by atoms with Gasteiger partial charge >= 0.3 is 6.18 Å². The van der Waals surface area contributed by atoms with Gasteiger partial charge < -0.3 is 4.90 Å². The van der Waals surface area contributed by atoms with Crippen molar-refractivity contribution in [3.63, 3.8) is 0 Å². The molecule has 1 aliphatic heterocycles. The predicted molar refractivity (Wildman–Crippen MR) is 51.6 cm³/mol. The third-order valence-electron chi connectivity index (χ3n) is 3.43. The van der Waals surface area contributed by atoms with Crippen LogP contribution in [0, 0.1) is 0 Å². The summed E-state index contributed by atoms with van der Waals surface area (Å²) in [7, 11) is 0. The molecule has 0 aromatic rings. The Morgan fingerprint density at radius 3 is 2.50 bits per heavy atom. The topological polar surface area (TPSA) is 32.3 Å². The molecule has 0 bridgehead atoms. The first kappa shape index (κ1) is 11.7. The highest BCUT2D eigenvalue weighted by Crippen LogP contribution is 2.37. The molecule has 3 nitrogen and oxygen atoms in total. The van der Waals surface area contributed by atoms with E-state index in [-0.39, 0.29) is 5.91 Å². The molecular weight excluding hydrogens is 221 g/mol. The lowest BCUT2D eigenvalue weighted by atomic mass is 9.98. The summed E-state index contributed by atoms with van der Waals surface area (Å²) in [6, 6.07) is 0. The van der Waals surface area contributed by atoms with E-state index in [0.29, 0.717) is 12.8 Å². The molecule has 1 spiro atoms. The van der Waals surface area contributed by atoms with Crippen LogP contribution >= 0.6 is 0 Å². The zero-order chi connectivity index (χ0) is 12.0. The number of carbonyl (C=O) groups excluding carboxylic acids is 1. The molecule has 1 unspecified atom stereocenters. The number of alkyl halides is 3. The van der Waals surface area contributed by atoms with Crippen LogP contribution in [0.15, 0.2) is 0 Å². The molecule has 2 aliphatic rings. The predicted octanol–water partition coefficient (Wildman–Crippen LogP) is 1.64. The van der Waals surface area contributed by atoms with Gasteiger partial charge in [0.2, 0.25) is 5.91 Å². The van der Waals surface area contributed by atoms with E-state index in [1.54, 1.807) is 6.92 Å². The molecule has 1 amide bonds. The van der Waals surface area contributed by atoms with Gasteiger partial charge in [0.1, 0.15) is 6.54 Å². The van der Waals surface area contributed by atoms with Crippen molar-refractivity contribution in [2.75, 3.05) is 6.54 Å². The van der Waals surface area contributed by atoms with Crippen LogP contribution in [0.3, 0.4) is 0 Å². The van der Waals surface area contributed by atoms with Gasteiger partial charge in [0.25, 0.3) is 0 Å². The SMILES string of the molecule is CC1NC2(CCCC2)C(=O)N1CC(F)(F)F. The number of amides is 1. The van der Waals surface area contributed by atoms with Gasteiger partial charge in [-0.25, -0.2) is 0 Å². The minimum atomic E-state index is -4.32. The van der Waals surface area contributed by atoms with Crippen LogP contribution in [-0.2, 0) is 4.79 Å². The maximum atomic E-state index is 12.3. The van der Waals surface area contributed by atoms with Crippen molar-refractivity contribution in [2.24, 2.45) is 0 Å². The highest BCUT2D eigenvalue weighted by molar-refractivity contribution is 5.89. The van der Waals surface area contributed by atoms with E-state index in [0.717, 1.165) is 17.7 Å². The van der Waals surface area contributed by atoms with Crippen LogP contribution in [0.25, 0.3) is 0 Å². The van der Waals surface area contributed by atoms with Crippen LogP contribution in [0.1, 0.15) is 32.6 Å². The highest BCUT2D eigenvalue weighted by atomic mass is 19.4. The Kier molecular flexibility index (Phi) is 2.64. The third kappa shape index (κ3) is 1.90. The van der Waals surface area contributed by atoms with Crippen molar-refractivity contribution < 1.29 is 18.0 Å². The average Bonchev–Trinajstić information content (AvgIpc) is 2.68. The Morgan fingerprint density at radius 2 is 2.00 bits per heavy atom. The van der Waals surface area contributed by atoms with Gasteiger partial charge in [-0.2, -0.15) is 13.2 Å². The van der Waals surface area contributed by atoms with Gasteiger partial charge in [0, 0.05) is 0 Å². The monoisotopic (exact) mass is 236 g/mol. The lowest BCUT2D eigenvalue weighted by molar-refractivity contribution is -0.162. The maximum absolute atomic E-state index is 12.3. The molecule has 1 aliphatic carbocycles. The van der Waals surface area contributed by atoms with E-state index in [9.17, 15) is 18.0 Å². The second-order valence-corrected chi connectivity index (χ2v) is 4.66. The second-order valence-electron chi connectivity index (χ2n) is 4.66. The highest BCUT2D eigenvalue weighted by Gasteiger charge is 2.53. The summed E-state index contributed by atoms with van der Waals surface area (Å²) in [5.74, 6) is -0.380. The molecule has 2 rings (SSSR count). The molecule has 1 saturated carbocycles. The van der Waals surface area contributed by atoms with Crippen molar-refractivity contribution in [3.05, 3.63) is 0 Å². The average molecular weight is 236 g/mol. The smallest absolute Gasteiger partial charge is 0.317 e. The molecule has 1 saturated heterocycles. The first-order valence-electron chi connectivity index (χ1n) is 5.50. The number of rotatable bonds is 1. The molecule has 16 heavy (non-hydrogen) atoms. The summed E-state index contributed by atoms with van der Waals surface area (Å²) in [5.41, 5.74) is -0.704. The summed E-state index contributed by atoms with van der Waals surface area (Å²) in [5, 5.41) is 3.03. The lowest BCUT2D eigenvalue weighted by Gasteiger charge is -2.23. The Morgan fingerprint density at radius 1 is 1.44 bits per heavy atom. The fraction of sp³-hybridized carbons (Fsp3) is 0.900. The Balaban J connectivity index is 2.13. The van der Waals surface area contributed by atoms with Crippen LogP contribution in [0.5, 0.6) is 0 Å². The summed E-state index contributed by atoms with van der Waals surface area (Å²) in [4.78, 5) is 12.9. The maximum Gasteiger partial charge on any atom is 0.406 e. The van der Waals surface area contributed by atoms with Crippen LogP contribution in [-0.4, -0.2) is 35.2 Å². The van der Waals surface area contributed by atoms with Gasteiger partial charge in [-0.3, -0.25) is 10.1 Å². The summed E-state index contributed by atoms with van der Waals surface area (Å²) in [6.07, 6.45) is -1.71. The summed E-state index contributed by atoms with van der Waals surface area (Å²) >= 11 is 0. The first-order chi connectivity index (χ1) is 7.34. The van der Waals surface area contributed by atoms with Crippen LogP contribution in [0.2, 0.25) is 0 Å². The minimum absolute atomic E-state index is 0.380. The minimum Gasteiger partial charge on any atom is -0.317 e. The quantitative estimate of drug-likeness (QED) is 0.750. The standard InChI is InChI=1S/C10H15F3N2O/c1-7-14-9(4-2-3-5-9)8(16)15(7)6-10(11,12)13/h7,14H,2-6H2,1H3. The van der Waals surface area contributed by atoms with Crippen molar-refractivity contribution in [1.29, 1.82) is 0 Å². The number of hydrogen-bond acceptors (Lipinski definition) is 2. The largest absolute Gasteiger partial charge is 0.406 e. The normalized spacial score (nSPS) is 29.4. The fourth-order valence-electron chi connectivity index (χ4n) is 2.73. The molecule has 0 radical (unpaired) electrons. The van der Waals surface area contributed by atoms with Gasteiger partial charge in [0.05, 0.1) is 11.7 Å². The Labute approximate surface area is 92.0 Å². The molecule has 92 valence electrons. The zero-order valence-corrected chi connectivity index (χ0v) is 9.10. The number of nitrogens with zero attached hydrogens (tertiary/aromatic N) is 1. The van der Waals surface area contributed by atoms with E-state index in [1.165, 1.54) is 0 Å². The summed E-state index contributed by atoms with van der Waals surface area (Å²) < 4.78 is 36.9. The first-order valence-corrected chi connectivity index (χ1v) is 5.50. The van der Waals surface area contributed by atoms with Crippen LogP contribution < -0.4 is 5.32 Å². The van der Waals surface area contributed by atoms with E-state index in [4.69, 9.17) is 0 Å². The van der Waals surface area contributed by atoms with Crippen LogP contribution in [0.4, 0.5) is 13.2 Å². The summed E-state index contributed by atoms with van der Waals surface area (Å²) in [6.45, 7) is 0.457. The van der Waals surface area contributed by atoms with E-state index in [1.807, 2.05) is 0 Å². The van der Waals surface area contributed by atoms with Gasteiger partial charge in [-0.05, 0) is 19.8 Å². The molecular formula is C10H15F3N2O. The van der Waals surface area contributed by atoms with Gasteiger partial charge in [-0.1, -0.05) is 12.8 Å². The third-order valence-corrected chi connectivity index (χ3v) is 3.43. The van der Waals surface area contributed by atoms with Crippen molar-refractivity contribution in [1.82, 2.24) is 10.2 Å². The Bertz CT molecular complexity index is 297. The van der Waals surface area contributed by atoms with E-state index in [2.05, 4.69) is 5.32 Å². The number of nitrogens with one attached hydrogen (secondary N) is 1. The lowest BCUT2D eigenvalue weighted by Crippen LogP contribution is -2.45. The number of carbonyl (C=O) groups is 1. The van der Waals surface area contributed by atoms with E-state index < -0.39 is 24.4 Å². The van der Waals surface area contributed by atoms with E-state index >= 15 is 0 Å². The molecule has 0 aromatic carbocycles. The number of halogens is 3. The molecule has 0 aromatic heterocycles. The van der Waals surface area contributed by atoms with Crippen molar-refractivity contribution >= 4 is 5.91 Å². The molecule has 2 fully saturated rings. The van der Waals surface area contributed by atoms with Crippen molar-refractivity contribution in [3.8, 4) is 0 Å². The fourth-order valence-corrected chi connectivity index (χ4v) is 2.73.